The van der Waals surface area contributed by atoms with Gasteiger partial charge in [-0.1, -0.05) is 41.9 Å². The maximum Gasteiger partial charge on any atom is 0.221 e. The van der Waals surface area contributed by atoms with Crippen LogP contribution in [0.15, 0.2) is 48.5 Å². The first-order valence-corrected chi connectivity index (χ1v) is 13.4. The number of nitrogens with zero attached hydrogens (tertiary/aromatic N) is 4. The summed E-state index contributed by atoms with van der Waals surface area (Å²) in [6.07, 6.45) is 3.54. The van der Waals surface area contributed by atoms with Gasteiger partial charge in [-0.05, 0) is 43.0 Å². The molecule has 0 bridgehead atoms. The second-order valence-electron chi connectivity index (χ2n) is 9.62. The molecular weight excluding hydrogens is 474 g/mol. The standard InChI is InChI=1S/C28H34ClN5O2/c29-23-8-9-24-25(20-23)31-27(22-6-7-22)32-28(24)34(13-10-21-4-2-1-3-5-21)14-11-26(35)30-12-15-33-16-18-36-19-17-33/h1-5,8-9,20,22H,6-7,10-19H2,(H,30,35). The molecule has 2 aromatic carbocycles. The summed E-state index contributed by atoms with van der Waals surface area (Å²) in [5.41, 5.74) is 2.13. The van der Waals surface area contributed by atoms with Gasteiger partial charge in [0.15, 0.2) is 0 Å². The second-order valence-corrected chi connectivity index (χ2v) is 10.1. The van der Waals surface area contributed by atoms with Crippen LogP contribution in [0.2, 0.25) is 5.02 Å². The molecule has 1 amide bonds. The summed E-state index contributed by atoms with van der Waals surface area (Å²) in [7, 11) is 0. The quantitative estimate of drug-likeness (QED) is 0.422. The van der Waals surface area contributed by atoms with E-state index in [4.69, 9.17) is 26.3 Å². The van der Waals surface area contributed by atoms with Gasteiger partial charge in [0, 0.05) is 62.0 Å². The number of ether oxygens (including phenoxy) is 1. The first-order valence-electron chi connectivity index (χ1n) is 13.0. The van der Waals surface area contributed by atoms with Crippen molar-refractivity contribution in [3.05, 3.63) is 64.9 Å². The Morgan fingerprint density at radius 2 is 1.89 bits per heavy atom. The van der Waals surface area contributed by atoms with E-state index in [0.717, 1.165) is 81.2 Å². The Kier molecular flexibility index (Phi) is 8.31. The number of hydrogen-bond acceptors (Lipinski definition) is 6. The normalized spacial score (nSPS) is 16.2. The molecule has 0 atom stereocenters. The number of fused-ring (bicyclic) bond motifs is 1. The number of rotatable bonds is 11. The van der Waals surface area contributed by atoms with Crippen LogP contribution in [0.3, 0.4) is 0 Å². The Hall–Kier alpha value is -2.74. The van der Waals surface area contributed by atoms with Crippen LogP contribution in [0.25, 0.3) is 10.9 Å². The number of carbonyl (C=O) groups is 1. The fraction of sp³-hybridized carbons (Fsp3) is 0.464. The number of carbonyl (C=O) groups excluding carboxylic acids is 1. The van der Waals surface area contributed by atoms with Crippen molar-refractivity contribution >= 4 is 34.2 Å². The Morgan fingerprint density at radius 1 is 1.08 bits per heavy atom. The zero-order valence-corrected chi connectivity index (χ0v) is 21.4. The second kappa shape index (κ2) is 12.0. The molecule has 8 heteroatoms. The highest BCUT2D eigenvalue weighted by Crippen LogP contribution is 2.40. The van der Waals surface area contributed by atoms with Crippen molar-refractivity contribution in [2.75, 3.05) is 57.4 Å². The Balaban J connectivity index is 1.30. The van der Waals surface area contributed by atoms with Crippen molar-refractivity contribution in [2.24, 2.45) is 0 Å². The first-order chi connectivity index (χ1) is 17.7. The third-order valence-electron chi connectivity index (χ3n) is 6.87. The zero-order valence-electron chi connectivity index (χ0n) is 20.7. The molecule has 3 aromatic rings. The molecule has 1 aromatic heterocycles. The molecular formula is C28H34ClN5O2. The van der Waals surface area contributed by atoms with E-state index in [2.05, 4.69) is 39.4 Å². The largest absolute Gasteiger partial charge is 0.379 e. The summed E-state index contributed by atoms with van der Waals surface area (Å²) in [4.78, 5) is 27.2. The van der Waals surface area contributed by atoms with Gasteiger partial charge in [-0.3, -0.25) is 9.69 Å². The van der Waals surface area contributed by atoms with Gasteiger partial charge in [-0.15, -0.1) is 0 Å². The molecule has 1 N–H and O–H groups in total. The van der Waals surface area contributed by atoms with E-state index in [9.17, 15) is 4.79 Å². The molecule has 36 heavy (non-hydrogen) atoms. The average Bonchev–Trinajstić information content (AvgIpc) is 3.75. The minimum atomic E-state index is 0.0665. The van der Waals surface area contributed by atoms with Crippen molar-refractivity contribution in [3.8, 4) is 0 Å². The molecule has 0 radical (unpaired) electrons. The van der Waals surface area contributed by atoms with Crippen LogP contribution in [0.5, 0.6) is 0 Å². The molecule has 2 aliphatic rings. The highest BCUT2D eigenvalue weighted by Gasteiger charge is 2.28. The Labute approximate surface area is 217 Å². The van der Waals surface area contributed by atoms with Gasteiger partial charge in [0.05, 0.1) is 18.7 Å². The van der Waals surface area contributed by atoms with Crippen LogP contribution in [-0.4, -0.2) is 73.3 Å². The summed E-state index contributed by atoms with van der Waals surface area (Å²) < 4.78 is 5.40. The molecule has 2 heterocycles. The summed E-state index contributed by atoms with van der Waals surface area (Å²) in [6, 6.07) is 16.3. The fourth-order valence-corrected chi connectivity index (χ4v) is 4.77. The lowest BCUT2D eigenvalue weighted by Gasteiger charge is -2.27. The number of hydrogen-bond donors (Lipinski definition) is 1. The number of anilines is 1. The predicted octanol–water partition coefficient (Wildman–Crippen LogP) is 4.05. The van der Waals surface area contributed by atoms with Gasteiger partial charge < -0.3 is 15.0 Å². The van der Waals surface area contributed by atoms with Gasteiger partial charge >= 0.3 is 0 Å². The van der Waals surface area contributed by atoms with Crippen molar-refractivity contribution in [1.82, 2.24) is 20.2 Å². The summed E-state index contributed by atoms with van der Waals surface area (Å²) >= 11 is 6.31. The molecule has 1 saturated heterocycles. The van der Waals surface area contributed by atoms with Crippen LogP contribution in [-0.2, 0) is 16.0 Å². The maximum atomic E-state index is 12.8. The molecule has 2 fully saturated rings. The van der Waals surface area contributed by atoms with Gasteiger partial charge in [0.1, 0.15) is 11.6 Å². The fourth-order valence-electron chi connectivity index (χ4n) is 4.60. The lowest BCUT2D eigenvalue weighted by molar-refractivity contribution is -0.121. The van der Waals surface area contributed by atoms with E-state index in [-0.39, 0.29) is 5.91 Å². The molecule has 5 rings (SSSR count). The van der Waals surface area contributed by atoms with Crippen molar-refractivity contribution in [2.45, 2.75) is 31.6 Å². The van der Waals surface area contributed by atoms with Crippen LogP contribution in [0, 0.1) is 0 Å². The van der Waals surface area contributed by atoms with Gasteiger partial charge in [-0.2, -0.15) is 0 Å². The smallest absolute Gasteiger partial charge is 0.221 e. The third kappa shape index (κ3) is 6.72. The minimum Gasteiger partial charge on any atom is -0.379 e. The average molecular weight is 508 g/mol. The molecule has 0 unspecified atom stereocenters. The minimum absolute atomic E-state index is 0.0665. The van der Waals surface area contributed by atoms with Crippen molar-refractivity contribution in [3.63, 3.8) is 0 Å². The third-order valence-corrected chi connectivity index (χ3v) is 7.11. The molecule has 7 nitrogen and oxygen atoms in total. The summed E-state index contributed by atoms with van der Waals surface area (Å²) in [5, 5.41) is 4.74. The summed E-state index contributed by atoms with van der Waals surface area (Å²) in [5.74, 6) is 2.28. The van der Waals surface area contributed by atoms with E-state index in [1.54, 1.807) is 0 Å². The highest BCUT2D eigenvalue weighted by atomic mass is 35.5. The van der Waals surface area contributed by atoms with Gasteiger partial charge in [-0.25, -0.2) is 9.97 Å². The number of halogens is 1. The number of nitrogens with one attached hydrogen (secondary N) is 1. The van der Waals surface area contributed by atoms with Gasteiger partial charge in [0.25, 0.3) is 0 Å². The SMILES string of the molecule is O=C(CCN(CCc1ccccc1)c1nc(C2CC2)nc2cc(Cl)ccc12)NCCN1CCOCC1. The molecule has 0 spiro atoms. The number of amides is 1. The maximum absolute atomic E-state index is 12.8. The van der Waals surface area contributed by atoms with Gasteiger partial charge in [0.2, 0.25) is 5.91 Å². The molecule has 1 saturated carbocycles. The lowest BCUT2D eigenvalue weighted by Crippen LogP contribution is -2.41. The number of morpholine rings is 1. The van der Waals surface area contributed by atoms with Crippen molar-refractivity contribution in [1.29, 1.82) is 0 Å². The van der Waals surface area contributed by atoms with E-state index in [1.165, 1.54) is 5.56 Å². The van der Waals surface area contributed by atoms with Crippen LogP contribution < -0.4 is 10.2 Å². The van der Waals surface area contributed by atoms with Crippen molar-refractivity contribution < 1.29 is 9.53 Å². The van der Waals surface area contributed by atoms with E-state index in [1.807, 2.05) is 24.3 Å². The Bertz CT molecular complexity index is 1170. The predicted molar refractivity (Wildman–Crippen MR) is 144 cm³/mol. The van der Waals surface area contributed by atoms with E-state index >= 15 is 0 Å². The molecule has 190 valence electrons. The zero-order chi connectivity index (χ0) is 24.7. The Morgan fingerprint density at radius 3 is 2.67 bits per heavy atom. The van der Waals surface area contributed by atoms with E-state index in [0.29, 0.717) is 30.5 Å². The van der Waals surface area contributed by atoms with Crippen LogP contribution >= 0.6 is 11.6 Å². The van der Waals surface area contributed by atoms with Crippen LogP contribution in [0.4, 0.5) is 5.82 Å². The number of aromatic nitrogens is 2. The molecule has 1 aliphatic heterocycles. The first kappa shape index (κ1) is 24.9. The monoisotopic (exact) mass is 507 g/mol. The summed E-state index contributed by atoms with van der Waals surface area (Å²) in [6.45, 7) is 6.27. The highest BCUT2D eigenvalue weighted by molar-refractivity contribution is 6.31. The lowest BCUT2D eigenvalue weighted by atomic mass is 10.1. The topological polar surface area (TPSA) is 70.6 Å². The van der Waals surface area contributed by atoms with E-state index < -0.39 is 0 Å². The van der Waals surface area contributed by atoms with Crippen LogP contribution in [0.1, 0.15) is 36.6 Å². The number of benzene rings is 2. The molecule has 1 aliphatic carbocycles.